The molecule has 9 heteroatoms. The molecule has 4 rings (SSSR count). The number of likely N-dealkylation sites (tertiary alicyclic amines) is 1. The predicted octanol–water partition coefficient (Wildman–Crippen LogP) is 2.88. The van der Waals surface area contributed by atoms with Gasteiger partial charge in [0.2, 0.25) is 10.0 Å². The van der Waals surface area contributed by atoms with Crippen molar-refractivity contribution in [3.05, 3.63) is 40.0 Å². The number of rotatable bonds is 6. The SMILES string of the molecule is CS(=O)(=O)N1CCc2c(c(-c3ccc(Cl)c(C#N)c3)nn2CCCN2CCCC2)C1. The average molecular weight is 448 g/mol. The van der Waals surface area contributed by atoms with E-state index < -0.39 is 10.0 Å². The summed E-state index contributed by atoms with van der Waals surface area (Å²) in [5.41, 5.74) is 3.95. The minimum atomic E-state index is -3.29. The molecular formula is C21H26ClN5O2S. The molecule has 160 valence electrons. The van der Waals surface area contributed by atoms with Crippen LogP contribution in [0.4, 0.5) is 0 Å². The lowest BCUT2D eigenvalue weighted by Crippen LogP contribution is -2.35. The Bertz CT molecular complexity index is 1080. The molecule has 1 aromatic carbocycles. The molecule has 1 saturated heterocycles. The van der Waals surface area contributed by atoms with Gasteiger partial charge in [-0.15, -0.1) is 0 Å². The van der Waals surface area contributed by atoms with Gasteiger partial charge in [-0.25, -0.2) is 8.42 Å². The summed E-state index contributed by atoms with van der Waals surface area (Å²) in [6.45, 7) is 4.98. The van der Waals surface area contributed by atoms with Gasteiger partial charge in [0, 0.05) is 42.9 Å². The van der Waals surface area contributed by atoms with Gasteiger partial charge in [-0.1, -0.05) is 17.7 Å². The van der Waals surface area contributed by atoms with Crippen LogP contribution in [0.15, 0.2) is 18.2 Å². The number of hydrogen-bond acceptors (Lipinski definition) is 5. The molecule has 0 saturated carbocycles. The van der Waals surface area contributed by atoms with E-state index >= 15 is 0 Å². The maximum Gasteiger partial charge on any atom is 0.211 e. The van der Waals surface area contributed by atoms with Crippen LogP contribution in [0.3, 0.4) is 0 Å². The molecule has 0 bridgehead atoms. The largest absolute Gasteiger partial charge is 0.303 e. The lowest BCUT2D eigenvalue weighted by Gasteiger charge is -2.26. The van der Waals surface area contributed by atoms with E-state index in [4.69, 9.17) is 16.7 Å². The second-order valence-corrected chi connectivity index (χ2v) is 10.4. The average Bonchev–Trinajstić information content (AvgIpc) is 3.36. The molecule has 0 radical (unpaired) electrons. The van der Waals surface area contributed by atoms with Crippen molar-refractivity contribution in [2.45, 2.75) is 38.8 Å². The molecule has 0 atom stereocenters. The minimum Gasteiger partial charge on any atom is -0.303 e. The molecule has 0 aliphatic carbocycles. The highest BCUT2D eigenvalue weighted by atomic mass is 35.5. The molecule has 0 amide bonds. The molecular weight excluding hydrogens is 422 g/mol. The highest BCUT2D eigenvalue weighted by Gasteiger charge is 2.29. The number of benzene rings is 1. The fourth-order valence-corrected chi connectivity index (χ4v) is 5.32. The Balaban J connectivity index is 1.66. The van der Waals surface area contributed by atoms with Gasteiger partial charge in [0.05, 0.1) is 22.5 Å². The summed E-state index contributed by atoms with van der Waals surface area (Å²) in [5.74, 6) is 0. The first-order valence-electron chi connectivity index (χ1n) is 10.3. The zero-order valence-electron chi connectivity index (χ0n) is 17.1. The van der Waals surface area contributed by atoms with Crippen LogP contribution in [0.2, 0.25) is 5.02 Å². The van der Waals surface area contributed by atoms with Crippen molar-refractivity contribution in [2.75, 3.05) is 32.4 Å². The predicted molar refractivity (Wildman–Crippen MR) is 117 cm³/mol. The molecule has 30 heavy (non-hydrogen) atoms. The Morgan fingerprint density at radius 2 is 1.97 bits per heavy atom. The molecule has 1 fully saturated rings. The minimum absolute atomic E-state index is 0.306. The van der Waals surface area contributed by atoms with Gasteiger partial charge in [0.1, 0.15) is 6.07 Å². The number of aromatic nitrogens is 2. The Labute approximate surface area is 182 Å². The van der Waals surface area contributed by atoms with E-state index in [1.54, 1.807) is 12.1 Å². The third-order valence-corrected chi connectivity index (χ3v) is 7.55. The van der Waals surface area contributed by atoms with Gasteiger partial charge in [-0.2, -0.15) is 14.7 Å². The van der Waals surface area contributed by atoms with Crippen molar-refractivity contribution in [3.63, 3.8) is 0 Å². The van der Waals surface area contributed by atoms with E-state index in [1.807, 2.05) is 10.7 Å². The number of aryl methyl sites for hydroxylation is 1. The highest BCUT2D eigenvalue weighted by Crippen LogP contribution is 2.33. The van der Waals surface area contributed by atoms with Crippen molar-refractivity contribution in [1.29, 1.82) is 5.26 Å². The standard InChI is InChI=1S/C21H26ClN5O2S/c1-30(28,29)26-12-7-20-18(15-26)21(16-5-6-19(22)17(13-16)14-23)24-27(20)11-4-10-25-8-2-3-9-25/h5-6,13H,2-4,7-12,15H2,1H3. The van der Waals surface area contributed by atoms with Crippen LogP contribution < -0.4 is 0 Å². The molecule has 0 unspecified atom stereocenters. The van der Waals surface area contributed by atoms with Gasteiger partial charge in [-0.3, -0.25) is 4.68 Å². The van der Waals surface area contributed by atoms with E-state index in [1.165, 1.54) is 36.5 Å². The van der Waals surface area contributed by atoms with Crippen LogP contribution in [0.5, 0.6) is 0 Å². The lowest BCUT2D eigenvalue weighted by molar-refractivity contribution is 0.319. The van der Waals surface area contributed by atoms with E-state index in [9.17, 15) is 13.7 Å². The Hall–Kier alpha value is -1.92. The topological polar surface area (TPSA) is 82.2 Å². The Kier molecular flexibility index (Phi) is 6.16. The van der Waals surface area contributed by atoms with Crippen molar-refractivity contribution in [2.24, 2.45) is 0 Å². The highest BCUT2D eigenvalue weighted by molar-refractivity contribution is 7.88. The fraction of sp³-hybridized carbons (Fsp3) is 0.524. The molecule has 7 nitrogen and oxygen atoms in total. The summed E-state index contributed by atoms with van der Waals surface area (Å²) in [5, 5.41) is 14.6. The van der Waals surface area contributed by atoms with Crippen molar-refractivity contribution in [3.8, 4) is 17.3 Å². The van der Waals surface area contributed by atoms with Crippen molar-refractivity contribution in [1.82, 2.24) is 19.0 Å². The molecule has 1 aromatic heterocycles. The number of sulfonamides is 1. The van der Waals surface area contributed by atoms with Crippen LogP contribution in [0.1, 0.15) is 36.1 Å². The lowest BCUT2D eigenvalue weighted by atomic mass is 10.0. The monoisotopic (exact) mass is 447 g/mol. The van der Waals surface area contributed by atoms with E-state index in [-0.39, 0.29) is 0 Å². The second-order valence-electron chi connectivity index (χ2n) is 8.05. The summed E-state index contributed by atoms with van der Waals surface area (Å²) < 4.78 is 27.8. The third-order valence-electron chi connectivity index (χ3n) is 5.97. The van der Waals surface area contributed by atoms with Gasteiger partial charge in [0.25, 0.3) is 0 Å². The molecule has 2 aromatic rings. The second kappa shape index (κ2) is 8.67. The zero-order chi connectivity index (χ0) is 21.3. The molecule has 3 heterocycles. The quantitative estimate of drug-likeness (QED) is 0.680. The first-order valence-corrected chi connectivity index (χ1v) is 12.6. The van der Waals surface area contributed by atoms with Crippen LogP contribution >= 0.6 is 11.6 Å². The van der Waals surface area contributed by atoms with Crippen LogP contribution in [-0.4, -0.2) is 59.8 Å². The maximum atomic E-state index is 12.1. The van der Waals surface area contributed by atoms with Gasteiger partial charge < -0.3 is 4.90 Å². The molecule has 0 N–H and O–H groups in total. The van der Waals surface area contributed by atoms with Crippen LogP contribution in [-0.2, 0) is 29.5 Å². The Morgan fingerprint density at radius 1 is 1.20 bits per heavy atom. The van der Waals surface area contributed by atoms with E-state index in [0.29, 0.717) is 30.1 Å². The first-order chi connectivity index (χ1) is 14.4. The summed E-state index contributed by atoms with van der Waals surface area (Å²) in [7, 11) is -3.29. The molecule has 2 aliphatic rings. The normalized spacial score (nSPS) is 17.8. The smallest absolute Gasteiger partial charge is 0.211 e. The number of halogens is 1. The summed E-state index contributed by atoms with van der Waals surface area (Å²) >= 11 is 6.11. The van der Waals surface area contributed by atoms with Crippen LogP contribution in [0, 0.1) is 11.3 Å². The summed E-state index contributed by atoms with van der Waals surface area (Å²) in [6, 6.07) is 7.39. The van der Waals surface area contributed by atoms with E-state index in [2.05, 4.69) is 11.0 Å². The molecule has 0 spiro atoms. The Morgan fingerprint density at radius 3 is 2.67 bits per heavy atom. The summed E-state index contributed by atoms with van der Waals surface area (Å²) in [6.07, 6.45) is 5.44. The van der Waals surface area contributed by atoms with Gasteiger partial charge in [0.15, 0.2) is 0 Å². The fourth-order valence-electron chi connectivity index (χ4n) is 4.37. The van der Waals surface area contributed by atoms with Crippen LogP contribution in [0.25, 0.3) is 11.3 Å². The third kappa shape index (κ3) is 4.40. The number of nitriles is 1. The van der Waals surface area contributed by atoms with Crippen molar-refractivity contribution < 1.29 is 8.42 Å². The zero-order valence-corrected chi connectivity index (χ0v) is 18.7. The van der Waals surface area contributed by atoms with Gasteiger partial charge in [-0.05, 0) is 51.0 Å². The van der Waals surface area contributed by atoms with Crippen molar-refractivity contribution >= 4 is 21.6 Å². The number of fused-ring (bicyclic) bond motifs is 1. The number of hydrogen-bond donors (Lipinski definition) is 0. The maximum absolute atomic E-state index is 12.1. The summed E-state index contributed by atoms with van der Waals surface area (Å²) in [4.78, 5) is 2.49. The first kappa shape index (κ1) is 21.3. The number of nitrogens with zero attached hydrogens (tertiary/aromatic N) is 5. The van der Waals surface area contributed by atoms with E-state index in [0.717, 1.165) is 42.0 Å². The molecule has 2 aliphatic heterocycles. The van der Waals surface area contributed by atoms with Gasteiger partial charge >= 0.3 is 0 Å².